The first-order chi connectivity index (χ1) is 20.1. The molecule has 5 aliphatic rings. The molecule has 1 amide bonds. The number of rotatable bonds is 5. The summed E-state index contributed by atoms with van der Waals surface area (Å²) in [5.74, 6) is 3.03. The minimum absolute atomic E-state index is 0.113. The van der Waals surface area contributed by atoms with E-state index in [9.17, 15) is 4.79 Å². The molecular weight excluding hydrogens is 516 g/mol. The number of hydrogen-bond donors (Lipinski definition) is 1. The van der Waals surface area contributed by atoms with Gasteiger partial charge in [-0.25, -0.2) is 19.9 Å². The van der Waals surface area contributed by atoms with Gasteiger partial charge in [0, 0.05) is 61.3 Å². The van der Waals surface area contributed by atoms with E-state index >= 15 is 0 Å². The highest BCUT2D eigenvalue weighted by Crippen LogP contribution is 2.43. The number of carbonyl (C=O) groups is 1. The number of carbonyl (C=O) groups excluding carboxylic acids is 1. The van der Waals surface area contributed by atoms with Crippen molar-refractivity contribution in [3.8, 4) is 0 Å². The van der Waals surface area contributed by atoms with Crippen LogP contribution in [-0.2, 0) is 22.5 Å². The molecule has 1 atom stereocenters. The molecule has 4 saturated heterocycles. The van der Waals surface area contributed by atoms with Gasteiger partial charge in [-0.05, 0) is 69.8 Å². The van der Waals surface area contributed by atoms with Crippen molar-refractivity contribution < 1.29 is 9.53 Å². The number of nitrogens with zero attached hydrogens (tertiary/aromatic N) is 7. The molecule has 41 heavy (non-hydrogen) atoms. The third-order valence-electron chi connectivity index (χ3n) is 9.89. The summed E-state index contributed by atoms with van der Waals surface area (Å²) in [7, 11) is 2.11. The monoisotopic (exact) mass is 554 g/mol. The SMILES string of the molecule is CN1CCC[C@H](C(=O)N2CCc3nc(Nc4ncc5cc(C6COC6)nc(N6C7CCC6CC7)c5n4)ccc3C2)C1. The van der Waals surface area contributed by atoms with E-state index in [0.29, 0.717) is 30.5 Å². The number of fused-ring (bicyclic) bond motifs is 4. The molecular formula is C31H38N8O2. The molecule has 3 aromatic heterocycles. The van der Waals surface area contributed by atoms with Crippen molar-refractivity contribution in [2.75, 3.05) is 50.1 Å². The fourth-order valence-electron chi connectivity index (χ4n) is 7.57. The highest BCUT2D eigenvalue weighted by Gasteiger charge is 2.41. The molecule has 0 aromatic carbocycles. The van der Waals surface area contributed by atoms with Crippen LogP contribution in [-0.4, -0.2) is 87.6 Å². The zero-order chi connectivity index (χ0) is 27.5. The third-order valence-corrected chi connectivity index (χ3v) is 9.89. The van der Waals surface area contributed by atoms with Gasteiger partial charge in [0.15, 0.2) is 5.82 Å². The van der Waals surface area contributed by atoms with E-state index in [1.54, 1.807) is 0 Å². The molecule has 0 aliphatic carbocycles. The highest BCUT2D eigenvalue weighted by molar-refractivity contribution is 5.90. The second-order valence-electron chi connectivity index (χ2n) is 12.6. The van der Waals surface area contributed by atoms with Crippen molar-refractivity contribution in [3.63, 3.8) is 0 Å². The third kappa shape index (κ3) is 4.61. The van der Waals surface area contributed by atoms with Gasteiger partial charge in [0.1, 0.15) is 11.3 Å². The van der Waals surface area contributed by atoms with Gasteiger partial charge in [-0.1, -0.05) is 6.07 Å². The van der Waals surface area contributed by atoms with Crippen molar-refractivity contribution in [1.29, 1.82) is 0 Å². The summed E-state index contributed by atoms with van der Waals surface area (Å²) in [6.07, 6.45) is 9.71. The fourth-order valence-corrected chi connectivity index (χ4v) is 7.57. The van der Waals surface area contributed by atoms with Gasteiger partial charge >= 0.3 is 0 Å². The lowest BCUT2D eigenvalue weighted by molar-refractivity contribution is -0.138. The Balaban J connectivity index is 1.04. The number of nitrogens with one attached hydrogen (secondary N) is 1. The van der Waals surface area contributed by atoms with Gasteiger partial charge in [-0.15, -0.1) is 0 Å². The Hall–Kier alpha value is -3.37. The first-order valence-electron chi connectivity index (χ1n) is 15.4. The van der Waals surface area contributed by atoms with Crippen molar-refractivity contribution in [3.05, 3.63) is 41.3 Å². The predicted molar refractivity (Wildman–Crippen MR) is 156 cm³/mol. The van der Waals surface area contributed by atoms with Crippen LogP contribution in [0.25, 0.3) is 10.9 Å². The number of ether oxygens (including phenoxy) is 1. The second-order valence-corrected chi connectivity index (χ2v) is 12.6. The van der Waals surface area contributed by atoms with Gasteiger partial charge in [0.2, 0.25) is 11.9 Å². The normalized spacial score (nSPS) is 26.3. The van der Waals surface area contributed by atoms with Crippen LogP contribution < -0.4 is 10.2 Å². The number of piperidine rings is 1. The molecule has 0 radical (unpaired) electrons. The Morgan fingerprint density at radius 1 is 1.02 bits per heavy atom. The van der Waals surface area contributed by atoms with Crippen LogP contribution >= 0.6 is 0 Å². The average molecular weight is 555 g/mol. The molecule has 2 bridgehead atoms. The average Bonchev–Trinajstić information content (AvgIpc) is 3.56. The highest BCUT2D eigenvalue weighted by atomic mass is 16.5. The molecule has 4 fully saturated rings. The summed E-state index contributed by atoms with van der Waals surface area (Å²) in [6.45, 7) is 4.77. The van der Waals surface area contributed by atoms with E-state index in [-0.39, 0.29) is 11.8 Å². The van der Waals surface area contributed by atoms with Crippen molar-refractivity contribution in [1.82, 2.24) is 29.7 Å². The van der Waals surface area contributed by atoms with Gasteiger partial charge in [0.05, 0.1) is 24.8 Å². The minimum atomic E-state index is 0.113. The Labute approximate surface area is 240 Å². The van der Waals surface area contributed by atoms with Crippen LogP contribution in [0.3, 0.4) is 0 Å². The number of amides is 1. The number of hydrogen-bond acceptors (Lipinski definition) is 9. The first-order valence-corrected chi connectivity index (χ1v) is 15.4. The van der Waals surface area contributed by atoms with Crippen LogP contribution in [0, 0.1) is 5.92 Å². The molecule has 3 aromatic rings. The van der Waals surface area contributed by atoms with Crippen LogP contribution in [0.4, 0.5) is 17.6 Å². The summed E-state index contributed by atoms with van der Waals surface area (Å²) in [5.41, 5.74) is 4.17. The molecule has 10 nitrogen and oxygen atoms in total. The summed E-state index contributed by atoms with van der Waals surface area (Å²) < 4.78 is 5.47. The van der Waals surface area contributed by atoms with Gasteiger partial charge < -0.3 is 24.8 Å². The quantitative estimate of drug-likeness (QED) is 0.507. The first kappa shape index (κ1) is 25.3. The number of pyridine rings is 2. The fraction of sp³-hybridized carbons (Fsp3) is 0.581. The van der Waals surface area contributed by atoms with Gasteiger partial charge in [-0.3, -0.25) is 4.79 Å². The van der Waals surface area contributed by atoms with E-state index in [0.717, 1.165) is 91.6 Å². The van der Waals surface area contributed by atoms with E-state index in [1.807, 2.05) is 17.2 Å². The molecule has 0 unspecified atom stereocenters. The van der Waals surface area contributed by atoms with Crippen molar-refractivity contribution in [2.24, 2.45) is 5.92 Å². The molecule has 8 heterocycles. The van der Waals surface area contributed by atoms with Crippen LogP contribution in [0.5, 0.6) is 0 Å². The van der Waals surface area contributed by atoms with Crippen LogP contribution in [0.15, 0.2) is 24.4 Å². The lowest BCUT2D eigenvalue weighted by atomic mass is 9.95. The van der Waals surface area contributed by atoms with Gasteiger partial charge in [0.25, 0.3) is 0 Å². The maximum atomic E-state index is 13.2. The summed E-state index contributed by atoms with van der Waals surface area (Å²) in [5, 5.41) is 4.40. The Bertz CT molecular complexity index is 1470. The molecule has 8 rings (SSSR count). The molecule has 10 heteroatoms. The number of likely N-dealkylation sites (tertiary alicyclic amines) is 1. The lowest BCUT2D eigenvalue weighted by Crippen LogP contribution is -2.45. The zero-order valence-corrected chi connectivity index (χ0v) is 23.8. The van der Waals surface area contributed by atoms with E-state index < -0.39 is 0 Å². The zero-order valence-electron chi connectivity index (χ0n) is 23.8. The van der Waals surface area contributed by atoms with Gasteiger partial charge in [-0.2, -0.15) is 0 Å². The summed E-state index contributed by atoms with van der Waals surface area (Å²) >= 11 is 0. The predicted octanol–water partition coefficient (Wildman–Crippen LogP) is 3.63. The Morgan fingerprint density at radius 2 is 1.85 bits per heavy atom. The molecule has 0 saturated carbocycles. The van der Waals surface area contributed by atoms with E-state index in [4.69, 9.17) is 19.7 Å². The largest absolute Gasteiger partial charge is 0.380 e. The van der Waals surface area contributed by atoms with Crippen LogP contribution in [0.2, 0.25) is 0 Å². The molecule has 214 valence electrons. The second kappa shape index (κ2) is 10.2. The number of aromatic nitrogens is 4. The molecule has 1 N–H and O–H groups in total. The number of anilines is 3. The van der Waals surface area contributed by atoms with Crippen molar-refractivity contribution >= 4 is 34.4 Å². The topological polar surface area (TPSA) is 99.6 Å². The Morgan fingerprint density at radius 3 is 2.61 bits per heavy atom. The Kier molecular flexibility index (Phi) is 6.29. The minimum Gasteiger partial charge on any atom is -0.380 e. The maximum absolute atomic E-state index is 13.2. The maximum Gasteiger partial charge on any atom is 0.229 e. The summed E-state index contributed by atoms with van der Waals surface area (Å²) in [4.78, 5) is 39.8. The summed E-state index contributed by atoms with van der Waals surface area (Å²) in [6, 6.07) is 7.34. The van der Waals surface area contributed by atoms with Crippen molar-refractivity contribution in [2.45, 2.75) is 69.5 Å². The lowest BCUT2D eigenvalue weighted by Gasteiger charge is -2.35. The smallest absolute Gasteiger partial charge is 0.229 e. The standard InChI is InChI=1S/C31H38N8O2/c1-37-11-2-3-20(15-37)30(40)38-12-10-25-19(16-38)4-9-27(33-25)35-31-32-14-21-13-26(22-17-41-18-22)34-29(28(21)36-31)39-23-5-6-24(39)8-7-23/h4,9,13-14,20,22-24H,2-3,5-8,10-12,15-18H2,1H3,(H,32,33,35,36)/t20-,23?,24?/m0/s1. The molecule has 5 aliphatic heterocycles. The molecule has 0 spiro atoms. The van der Waals surface area contributed by atoms with E-state index in [2.05, 4.69) is 39.3 Å². The van der Waals surface area contributed by atoms with Crippen LogP contribution in [0.1, 0.15) is 61.4 Å². The van der Waals surface area contributed by atoms with E-state index in [1.165, 1.54) is 25.7 Å².